The first kappa shape index (κ1) is 13.1. The van der Waals surface area contributed by atoms with Gasteiger partial charge < -0.3 is 9.84 Å². The number of benzene rings is 2. The van der Waals surface area contributed by atoms with Crippen LogP contribution in [0, 0.1) is 12.7 Å². The first-order valence-corrected chi connectivity index (χ1v) is 5.77. The molecule has 0 heterocycles. The third-order valence-corrected chi connectivity index (χ3v) is 2.74. The van der Waals surface area contributed by atoms with Gasteiger partial charge in [0, 0.05) is 0 Å². The molecule has 0 unspecified atom stereocenters. The molecular weight excluding hydrogens is 247 g/mol. The minimum absolute atomic E-state index is 0.203. The van der Waals surface area contributed by atoms with E-state index >= 15 is 0 Å². The largest absolute Gasteiger partial charge is 0.489 e. The number of rotatable bonds is 4. The summed E-state index contributed by atoms with van der Waals surface area (Å²) >= 11 is 0. The van der Waals surface area contributed by atoms with Crippen molar-refractivity contribution in [3.63, 3.8) is 0 Å². The Morgan fingerprint density at radius 3 is 2.47 bits per heavy atom. The molecule has 98 valence electrons. The van der Waals surface area contributed by atoms with Crippen molar-refractivity contribution in [3.8, 4) is 5.75 Å². The standard InChI is InChI=1S/C15H13FO3/c1-10-2-3-11(8-14(10)16)9-19-13-6-4-12(5-7-13)15(17)18/h2-8H,9H2,1H3,(H,17,18). The molecule has 0 aromatic heterocycles. The van der Waals surface area contributed by atoms with Gasteiger partial charge in [0.05, 0.1) is 5.56 Å². The SMILES string of the molecule is Cc1ccc(COc2ccc(C(=O)O)cc2)cc1F. The van der Waals surface area contributed by atoms with Crippen molar-refractivity contribution in [2.75, 3.05) is 0 Å². The van der Waals surface area contributed by atoms with Crippen LogP contribution in [0.5, 0.6) is 5.75 Å². The Hall–Kier alpha value is -2.36. The summed E-state index contributed by atoms with van der Waals surface area (Å²) in [5, 5.41) is 8.76. The summed E-state index contributed by atoms with van der Waals surface area (Å²) in [4.78, 5) is 10.7. The lowest BCUT2D eigenvalue weighted by Crippen LogP contribution is -1.98. The van der Waals surface area contributed by atoms with Crippen LogP contribution >= 0.6 is 0 Å². The minimum Gasteiger partial charge on any atom is -0.489 e. The average molecular weight is 260 g/mol. The molecule has 2 rings (SSSR count). The number of carbonyl (C=O) groups is 1. The molecule has 0 spiro atoms. The van der Waals surface area contributed by atoms with Gasteiger partial charge in [0.25, 0.3) is 0 Å². The minimum atomic E-state index is -0.979. The van der Waals surface area contributed by atoms with Crippen LogP contribution in [0.4, 0.5) is 4.39 Å². The molecular formula is C15H13FO3. The molecule has 2 aromatic carbocycles. The van der Waals surface area contributed by atoms with Gasteiger partial charge in [-0.2, -0.15) is 0 Å². The Morgan fingerprint density at radius 1 is 1.21 bits per heavy atom. The van der Waals surface area contributed by atoms with Crippen molar-refractivity contribution >= 4 is 5.97 Å². The fourth-order valence-electron chi connectivity index (χ4n) is 1.59. The van der Waals surface area contributed by atoms with Crippen LogP contribution in [0.3, 0.4) is 0 Å². The number of aryl methyl sites for hydroxylation is 1. The second-order valence-electron chi connectivity index (χ2n) is 4.20. The first-order chi connectivity index (χ1) is 9.06. The smallest absolute Gasteiger partial charge is 0.335 e. The zero-order chi connectivity index (χ0) is 13.8. The molecule has 0 saturated heterocycles. The highest BCUT2D eigenvalue weighted by Crippen LogP contribution is 2.15. The third-order valence-electron chi connectivity index (χ3n) is 2.74. The number of ether oxygens (including phenoxy) is 1. The van der Waals surface area contributed by atoms with E-state index in [1.165, 1.54) is 18.2 Å². The van der Waals surface area contributed by atoms with Crippen LogP contribution in [0.1, 0.15) is 21.5 Å². The molecule has 0 bridgehead atoms. The zero-order valence-corrected chi connectivity index (χ0v) is 10.4. The number of hydrogen-bond donors (Lipinski definition) is 1. The van der Waals surface area contributed by atoms with Crippen LogP contribution < -0.4 is 4.74 Å². The van der Waals surface area contributed by atoms with E-state index < -0.39 is 5.97 Å². The van der Waals surface area contributed by atoms with E-state index in [1.54, 1.807) is 31.2 Å². The molecule has 4 heteroatoms. The van der Waals surface area contributed by atoms with Gasteiger partial charge in [-0.25, -0.2) is 9.18 Å². The molecule has 3 nitrogen and oxygen atoms in total. The highest BCUT2D eigenvalue weighted by atomic mass is 19.1. The molecule has 1 N–H and O–H groups in total. The number of carboxylic acids is 1. The maximum Gasteiger partial charge on any atom is 0.335 e. The molecule has 0 amide bonds. The Kier molecular flexibility index (Phi) is 3.80. The predicted octanol–water partition coefficient (Wildman–Crippen LogP) is 3.41. The normalized spacial score (nSPS) is 10.2. The van der Waals surface area contributed by atoms with Gasteiger partial charge in [0.1, 0.15) is 18.2 Å². The Bertz CT molecular complexity index is 591. The maximum absolute atomic E-state index is 13.3. The van der Waals surface area contributed by atoms with Crippen molar-refractivity contribution in [1.29, 1.82) is 0 Å². The molecule has 0 atom stereocenters. The summed E-state index contributed by atoms with van der Waals surface area (Å²) in [7, 11) is 0. The van der Waals surface area contributed by atoms with Crippen molar-refractivity contribution in [2.24, 2.45) is 0 Å². The lowest BCUT2D eigenvalue weighted by atomic mass is 10.1. The summed E-state index contributed by atoms with van der Waals surface area (Å²) in [6.45, 7) is 1.94. The van der Waals surface area contributed by atoms with E-state index in [2.05, 4.69) is 0 Å². The molecule has 0 saturated carbocycles. The Morgan fingerprint density at radius 2 is 1.89 bits per heavy atom. The Balaban J connectivity index is 2.01. The lowest BCUT2D eigenvalue weighted by Gasteiger charge is -2.07. The molecule has 19 heavy (non-hydrogen) atoms. The van der Waals surface area contributed by atoms with E-state index in [0.29, 0.717) is 11.3 Å². The van der Waals surface area contributed by atoms with Crippen molar-refractivity contribution in [2.45, 2.75) is 13.5 Å². The fraction of sp³-hybridized carbons (Fsp3) is 0.133. The summed E-state index contributed by atoms with van der Waals surface area (Å²) in [6, 6.07) is 11.0. The molecule has 0 aliphatic carbocycles. The highest BCUT2D eigenvalue weighted by Gasteiger charge is 2.03. The number of halogens is 1. The number of hydrogen-bond acceptors (Lipinski definition) is 2. The number of aromatic carboxylic acids is 1. The summed E-state index contributed by atoms with van der Waals surface area (Å²) < 4.78 is 18.8. The van der Waals surface area contributed by atoms with Crippen LogP contribution in [-0.2, 0) is 6.61 Å². The van der Waals surface area contributed by atoms with Crippen LogP contribution in [0.25, 0.3) is 0 Å². The molecule has 0 aliphatic heterocycles. The summed E-state index contributed by atoms with van der Waals surface area (Å²) in [6.07, 6.45) is 0. The summed E-state index contributed by atoms with van der Waals surface area (Å²) in [5.74, 6) is -0.694. The Labute approximate surface area is 110 Å². The van der Waals surface area contributed by atoms with Gasteiger partial charge in [-0.15, -0.1) is 0 Å². The quantitative estimate of drug-likeness (QED) is 0.916. The van der Waals surface area contributed by atoms with Crippen LogP contribution in [0.15, 0.2) is 42.5 Å². The van der Waals surface area contributed by atoms with Gasteiger partial charge in [-0.1, -0.05) is 12.1 Å². The zero-order valence-electron chi connectivity index (χ0n) is 10.4. The maximum atomic E-state index is 13.3. The van der Waals surface area contributed by atoms with Gasteiger partial charge in [0.15, 0.2) is 0 Å². The van der Waals surface area contributed by atoms with E-state index in [4.69, 9.17) is 9.84 Å². The topological polar surface area (TPSA) is 46.5 Å². The lowest BCUT2D eigenvalue weighted by molar-refractivity contribution is 0.0697. The van der Waals surface area contributed by atoms with Gasteiger partial charge >= 0.3 is 5.97 Å². The second-order valence-corrected chi connectivity index (χ2v) is 4.20. The third kappa shape index (κ3) is 3.31. The van der Waals surface area contributed by atoms with E-state index in [9.17, 15) is 9.18 Å². The second kappa shape index (κ2) is 5.52. The van der Waals surface area contributed by atoms with Crippen molar-refractivity contribution < 1.29 is 19.0 Å². The molecule has 0 radical (unpaired) electrons. The van der Waals surface area contributed by atoms with Crippen molar-refractivity contribution in [1.82, 2.24) is 0 Å². The number of carboxylic acid groups (broad SMARTS) is 1. The van der Waals surface area contributed by atoms with Gasteiger partial charge in [-0.05, 0) is 48.4 Å². The monoisotopic (exact) mass is 260 g/mol. The van der Waals surface area contributed by atoms with Crippen molar-refractivity contribution in [3.05, 3.63) is 65.0 Å². The van der Waals surface area contributed by atoms with E-state index in [1.807, 2.05) is 0 Å². The predicted molar refractivity (Wildman–Crippen MR) is 68.9 cm³/mol. The van der Waals surface area contributed by atoms with Crippen LogP contribution in [-0.4, -0.2) is 11.1 Å². The summed E-state index contributed by atoms with van der Waals surface area (Å²) in [5.41, 5.74) is 1.52. The van der Waals surface area contributed by atoms with E-state index in [0.717, 1.165) is 5.56 Å². The molecule has 2 aromatic rings. The fourth-order valence-corrected chi connectivity index (χ4v) is 1.59. The van der Waals surface area contributed by atoms with E-state index in [-0.39, 0.29) is 18.0 Å². The molecule has 0 fully saturated rings. The van der Waals surface area contributed by atoms with Gasteiger partial charge in [0.2, 0.25) is 0 Å². The van der Waals surface area contributed by atoms with Crippen LogP contribution in [0.2, 0.25) is 0 Å². The highest BCUT2D eigenvalue weighted by molar-refractivity contribution is 5.87. The average Bonchev–Trinajstić information content (AvgIpc) is 2.40. The molecule has 0 aliphatic rings. The first-order valence-electron chi connectivity index (χ1n) is 5.77. The van der Waals surface area contributed by atoms with Gasteiger partial charge in [-0.3, -0.25) is 0 Å².